The van der Waals surface area contributed by atoms with Gasteiger partial charge in [-0.3, -0.25) is 19.2 Å². The van der Waals surface area contributed by atoms with E-state index in [1.54, 1.807) is 19.6 Å². The van der Waals surface area contributed by atoms with Crippen LogP contribution in [0.1, 0.15) is 99.9 Å². The van der Waals surface area contributed by atoms with Crippen molar-refractivity contribution in [2.75, 3.05) is 78.8 Å². The summed E-state index contributed by atoms with van der Waals surface area (Å²) in [4.78, 5) is 64.0. The van der Waals surface area contributed by atoms with Crippen LogP contribution in [0.25, 0.3) is 0 Å². The van der Waals surface area contributed by atoms with Crippen molar-refractivity contribution < 1.29 is 38.1 Å². The molecule has 0 N–H and O–H groups in total. The van der Waals surface area contributed by atoms with E-state index < -0.39 is 0 Å². The van der Waals surface area contributed by atoms with Crippen LogP contribution in [0.2, 0.25) is 0 Å². The van der Waals surface area contributed by atoms with Gasteiger partial charge < -0.3 is 38.5 Å². The Kier molecular flexibility index (Phi) is 25.3. The van der Waals surface area contributed by atoms with Crippen LogP contribution < -0.4 is 18.9 Å². The van der Waals surface area contributed by atoms with Crippen molar-refractivity contribution in [3.63, 3.8) is 0 Å². The third kappa shape index (κ3) is 18.8. The van der Waals surface area contributed by atoms with E-state index in [0.29, 0.717) is 165 Å². The molecule has 0 heterocycles. The van der Waals surface area contributed by atoms with Crippen molar-refractivity contribution in [2.24, 2.45) is 40.9 Å². The van der Waals surface area contributed by atoms with E-state index in [4.69, 9.17) is 59.9 Å². The molecule has 9 rings (SSSR count). The van der Waals surface area contributed by atoms with Crippen LogP contribution in [0.4, 0.5) is 45.5 Å². The Hall–Kier alpha value is -10.8. The van der Waals surface area contributed by atoms with Gasteiger partial charge in [0.2, 0.25) is 0 Å². The normalized spacial score (nSPS) is 12.1. The first-order chi connectivity index (χ1) is 46.8. The van der Waals surface area contributed by atoms with Crippen molar-refractivity contribution in [3.05, 3.63) is 214 Å². The number of likely N-dealkylation sites (N-methyl/N-ethyl adjacent to an activating group) is 4. The van der Waals surface area contributed by atoms with E-state index in [2.05, 4.69) is 0 Å². The van der Waals surface area contributed by atoms with Crippen molar-refractivity contribution in [2.45, 2.75) is 81.1 Å². The predicted molar refractivity (Wildman–Crippen MR) is 373 cm³/mol. The lowest BCUT2D eigenvalue weighted by molar-refractivity contribution is -0.133. The molecule has 20 nitrogen and oxygen atoms in total. The monoisotopic (exact) mass is 1290 g/mol. The highest BCUT2D eigenvalue weighted by molar-refractivity contribution is 5.80. The molecule has 496 valence electrons. The Morgan fingerprint density at radius 1 is 0.260 bits per heavy atom. The Morgan fingerprint density at radius 3 is 0.573 bits per heavy atom. The first-order valence-corrected chi connectivity index (χ1v) is 33.0. The van der Waals surface area contributed by atoms with Crippen molar-refractivity contribution in [3.8, 4) is 23.0 Å². The van der Waals surface area contributed by atoms with Crippen LogP contribution in [0.15, 0.2) is 211 Å². The Balaban J connectivity index is 1.42. The van der Waals surface area contributed by atoms with Crippen molar-refractivity contribution in [1.82, 2.24) is 19.6 Å². The Morgan fingerprint density at radius 2 is 0.417 bits per heavy atom. The lowest BCUT2D eigenvalue weighted by Crippen LogP contribution is -2.35. The molecule has 0 aliphatic heterocycles. The van der Waals surface area contributed by atoms with Crippen LogP contribution in [-0.2, 0) is 44.9 Å². The predicted octanol–water partition coefficient (Wildman–Crippen LogP) is 17.0. The van der Waals surface area contributed by atoms with E-state index in [1.165, 1.54) is 0 Å². The fraction of sp³-hybridized carbons (Fsp3) is 0.316. The molecule has 4 amide bonds. The molecule has 20 heteroatoms. The number of ether oxygens (including phenoxy) is 4. The summed E-state index contributed by atoms with van der Waals surface area (Å²) in [6.45, 7) is 17.7. The molecule has 8 aromatic rings. The summed E-state index contributed by atoms with van der Waals surface area (Å²) in [6.07, 6.45) is 0.181. The van der Waals surface area contributed by atoms with Crippen molar-refractivity contribution in [1.29, 1.82) is 0 Å². The zero-order valence-electron chi connectivity index (χ0n) is 56.1. The van der Waals surface area contributed by atoms with Gasteiger partial charge in [-0.05, 0) is 152 Å². The molecule has 8 aromatic carbocycles. The van der Waals surface area contributed by atoms with E-state index >= 15 is 0 Å². The third-order valence-corrected chi connectivity index (χ3v) is 16.4. The topological polar surface area (TPSA) is 217 Å². The second-order valence-electron chi connectivity index (χ2n) is 22.6. The van der Waals surface area contributed by atoms with E-state index in [1.807, 2.05) is 225 Å². The number of fused-ring (bicyclic) bond motifs is 8. The maximum atomic E-state index is 14.3. The average Bonchev–Trinajstić information content (AvgIpc) is 0.781. The third-order valence-electron chi connectivity index (χ3n) is 16.4. The molecule has 96 heavy (non-hydrogen) atoms. The zero-order valence-corrected chi connectivity index (χ0v) is 56.1. The van der Waals surface area contributed by atoms with E-state index in [9.17, 15) is 19.2 Å². The number of benzene rings is 8. The molecule has 0 fully saturated rings. The number of amides is 4. The van der Waals surface area contributed by atoms with E-state index in [-0.39, 0.29) is 75.7 Å². The van der Waals surface area contributed by atoms with Gasteiger partial charge in [-0.2, -0.15) is 40.9 Å². The number of carbonyl (C=O) groups excluding carboxylic acids is 4. The second-order valence-corrected chi connectivity index (χ2v) is 22.6. The Bertz CT molecular complexity index is 3440. The van der Waals surface area contributed by atoms with Gasteiger partial charge in [0.15, 0.2) is 26.4 Å². The Labute approximate surface area is 562 Å². The molecule has 0 atom stereocenters. The first kappa shape index (κ1) is 69.6. The standard InChI is InChI=1S/C76H84N12O8/c1-9-85(10-2)69(89)49-93-73-53-37-55-43-66(82-78-62-31-23-18-24-32-62)45-57(74(55)94-50-70(90)86(11-3)12-4)39-59-47-68(84-80-64-35-27-20-28-36-64)48-60(76(59)96-52-72(92)88(15-7)16-8)40-58-46-67(83-79-63-33-25-19-26-34-63)44-56(75(58)95-51-71(91)87(13-5)14-6)38-54(73)42-65(41-53)81-77-61-29-21-17-22-30-61/h17-36,41-48H,9-16,37-40,49-52H2,1-8H3. The summed E-state index contributed by atoms with van der Waals surface area (Å²) in [6, 6.07) is 52.6. The van der Waals surface area contributed by atoms with Crippen LogP contribution >= 0.6 is 0 Å². The van der Waals surface area contributed by atoms with E-state index in [0.717, 1.165) is 0 Å². The molecular formula is C76H84N12O8. The van der Waals surface area contributed by atoms with Crippen LogP contribution in [0.5, 0.6) is 23.0 Å². The first-order valence-electron chi connectivity index (χ1n) is 33.0. The number of hydrogen-bond donors (Lipinski definition) is 0. The summed E-state index contributed by atoms with van der Waals surface area (Å²) >= 11 is 0. The van der Waals surface area contributed by atoms with Gasteiger partial charge in [0.1, 0.15) is 23.0 Å². The highest BCUT2D eigenvalue weighted by atomic mass is 16.5. The summed E-state index contributed by atoms with van der Waals surface area (Å²) in [5.41, 5.74) is 8.77. The molecule has 0 saturated heterocycles. The number of carbonyl (C=O) groups is 4. The molecule has 1 aliphatic carbocycles. The highest BCUT2D eigenvalue weighted by Gasteiger charge is 2.28. The van der Waals surface area contributed by atoms with Crippen LogP contribution in [0, 0.1) is 0 Å². The molecule has 0 spiro atoms. The van der Waals surface area contributed by atoms with Gasteiger partial charge in [0.25, 0.3) is 23.6 Å². The molecule has 8 bridgehead atoms. The number of rotatable bonds is 28. The largest absolute Gasteiger partial charge is 0.483 e. The highest BCUT2D eigenvalue weighted by Crippen LogP contribution is 2.45. The SMILES string of the molecule is CCN(CC)C(=O)COc1c2cc(N=Nc3ccccc3)cc1Cc1cc(N=Nc3ccccc3)cc(c1OCC(=O)N(CC)CC)Cc1cc(N=Nc3ccccc3)cc(c1OCC(=O)N(CC)CC)Cc1cc(N=Nc3ccccc3)cc(c1OCC(=O)N(CC)CC)C2. The molecular weight excluding hydrogens is 1210 g/mol. The quantitative estimate of drug-likeness (QED) is 0.0429. The molecule has 0 unspecified atom stereocenters. The molecule has 0 saturated carbocycles. The summed E-state index contributed by atoms with van der Waals surface area (Å²) in [7, 11) is 0. The van der Waals surface area contributed by atoms with Crippen LogP contribution in [-0.4, -0.2) is 122 Å². The van der Waals surface area contributed by atoms with Gasteiger partial charge in [0, 0.05) is 123 Å². The minimum absolute atomic E-state index is 0.0452. The lowest BCUT2D eigenvalue weighted by Gasteiger charge is -2.25. The van der Waals surface area contributed by atoms with Gasteiger partial charge in [-0.1, -0.05) is 72.8 Å². The second kappa shape index (κ2) is 34.9. The summed E-state index contributed by atoms with van der Waals surface area (Å²) < 4.78 is 27.9. The molecule has 1 aliphatic rings. The maximum absolute atomic E-state index is 14.3. The smallest absolute Gasteiger partial charge is 0.260 e. The lowest BCUT2D eigenvalue weighted by atomic mass is 9.90. The molecule has 0 radical (unpaired) electrons. The molecule has 0 aromatic heterocycles. The van der Waals surface area contributed by atoms with Gasteiger partial charge >= 0.3 is 0 Å². The van der Waals surface area contributed by atoms with Gasteiger partial charge in [-0.25, -0.2) is 0 Å². The fourth-order valence-electron chi connectivity index (χ4n) is 11.4. The van der Waals surface area contributed by atoms with Crippen LogP contribution in [0.3, 0.4) is 0 Å². The summed E-state index contributed by atoms with van der Waals surface area (Å²) in [5, 5.41) is 38.4. The fourth-order valence-corrected chi connectivity index (χ4v) is 11.4. The number of nitrogens with zero attached hydrogens (tertiary/aromatic N) is 12. The van der Waals surface area contributed by atoms with Crippen molar-refractivity contribution >= 4 is 69.1 Å². The zero-order chi connectivity index (χ0) is 67.8. The van der Waals surface area contributed by atoms with Gasteiger partial charge in [0.05, 0.1) is 45.5 Å². The van der Waals surface area contributed by atoms with Gasteiger partial charge in [-0.15, -0.1) is 0 Å². The average molecular weight is 1290 g/mol. The number of hydrogen-bond acceptors (Lipinski definition) is 16. The number of azo groups is 4. The summed E-state index contributed by atoms with van der Waals surface area (Å²) in [5.74, 6) is 0.504. The minimum Gasteiger partial charge on any atom is -0.483 e. The maximum Gasteiger partial charge on any atom is 0.260 e. The minimum atomic E-state index is -0.332.